The fraction of sp³-hybridized carbons (Fsp3) is 0.706. The molecule has 2 amide bonds. The first-order valence-corrected chi connectivity index (χ1v) is 8.17. The third-order valence-electron chi connectivity index (χ3n) is 4.72. The number of hydrogen-bond acceptors (Lipinski definition) is 2. The number of carbonyl (C=O) groups excluding carboxylic acids is 1. The van der Waals surface area contributed by atoms with E-state index in [9.17, 15) is 4.79 Å². The van der Waals surface area contributed by atoms with Crippen LogP contribution in [0.5, 0.6) is 0 Å². The zero-order valence-electron chi connectivity index (χ0n) is 13.7. The molecule has 4 heteroatoms. The fourth-order valence-electron chi connectivity index (χ4n) is 3.26. The zero-order valence-corrected chi connectivity index (χ0v) is 13.7. The van der Waals surface area contributed by atoms with Crippen LogP contribution < -0.4 is 5.32 Å². The molecule has 0 aromatic heterocycles. The molecular weight excluding hydrogens is 262 g/mol. The quantitative estimate of drug-likeness (QED) is 0.808. The van der Waals surface area contributed by atoms with Gasteiger partial charge in [0.05, 0.1) is 0 Å². The Balaban J connectivity index is 1.96. The van der Waals surface area contributed by atoms with E-state index in [4.69, 9.17) is 0 Å². The molecule has 0 unspecified atom stereocenters. The molecule has 1 N–H and O–H groups in total. The predicted octanol–water partition coefficient (Wildman–Crippen LogP) is 3.13. The molecule has 2 heterocycles. The molecule has 1 saturated heterocycles. The maximum absolute atomic E-state index is 12.4. The topological polar surface area (TPSA) is 35.6 Å². The number of carbonyl (C=O) groups is 1. The van der Waals surface area contributed by atoms with E-state index in [1.54, 1.807) is 0 Å². The number of nitrogens with one attached hydrogen (secondary N) is 1. The van der Waals surface area contributed by atoms with Crippen LogP contribution >= 0.6 is 0 Å². The summed E-state index contributed by atoms with van der Waals surface area (Å²) < 4.78 is 0. The third-order valence-corrected chi connectivity index (χ3v) is 4.72. The standard InChI is InChI=1S/C17H29N3O/c1-4-5-6-7-15-8-13-20(17(21)18-14(15)2)16-9-11-19(3)12-10-16/h4-5,16H,6-13H2,1-3H3,(H,18,21)/b5-4-. The molecule has 4 nitrogen and oxygen atoms in total. The number of nitrogens with zero attached hydrogens (tertiary/aromatic N) is 2. The van der Waals surface area contributed by atoms with Crippen molar-refractivity contribution >= 4 is 6.03 Å². The van der Waals surface area contributed by atoms with Gasteiger partial charge < -0.3 is 15.1 Å². The highest BCUT2D eigenvalue weighted by Gasteiger charge is 2.28. The minimum Gasteiger partial charge on any atom is -0.321 e. The van der Waals surface area contributed by atoms with Crippen LogP contribution in [0.2, 0.25) is 0 Å². The van der Waals surface area contributed by atoms with Gasteiger partial charge in [-0.2, -0.15) is 0 Å². The van der Waals surface area contributed by atoms with Crippen LogP contribution in [0.1, 0.15) is 46.0 Å². The normalized spacial score (nSPS) is 22.8. The van der Waals surface area contributed by atoms with Crippen LogP contribution in [-0.2, 0) is 0 Å². The Morgan fingerprint density at radius 3 is 2.67 bits per heavy atom. The lowest BCUT2D eigenvalue weighted by molar-refractivity contribution is 0.135. The van der Waals surface area contributed by atoms with Gasteiger partial charge in [-0.3, -0.25) is 0 Å². The van der Waals surface area contributed by atoms with Crippen molar-refractivity contribution in [2.45, 2.75) is 52.0 Å². The van der Waals surface area contributed by atoms with E-state index in [0.29, 0.717) is 6.04 Å². The Labute approximate surface area is 128 Å². The van der Waals surface area contributed by atoms with Crippen LogP contribution in [0.3, 0.4) is 0 Å². The molecule has 0 aromatic carbocycles. The predicted molar refractivity (Wildman–Crippen MR) is 87.1 cm³/mol. The van der Waals surface area contributed by atoms with Crippen molar-refractivity contribution < 1.29 is 4.79 Å². The van der Waals surface area contributed by atoms with Crippen molar-refractivity contribution in [2.24, 2.45) is 0 Å². The highest BCUT2D eigenvalue weighted by Crippen LogP contribution is 2.23. The summed E-state index contributed by atoms with van der Waals surface area (Å²) in [5.74, 6) is 0. The van der Waals surface area contributed by atoms with Crippen molar-refractivity contribution in [3.63, 3.8) is 0 Å². The van der Waals surface area contributed by atoms with E-state index < -0.39 is 0 Å². The van der Waals surface area contributed by atoms with Crippen molar-refractivity contribution in [3.05, 3.63) is 23.4 Å². The number of urea groups is 1. The molecule has 0 saturated carbocycles. The molecule has 2 aliphatic heterocycles. The zero-order chi connectivity index (χ0) is 15.2. The first kappa shape index (κ1) is 16.1. The maximum atomic E-state index is 12.4. The monoisotopic (exact) mass is 291 g/mol. The number of piperidine rings is 1. The van der Waals surface area contributed by atoms with Crippen LogP contribution in [0.25, 0.3) is 0 Å². The smallest absolute Gasteiger partial charge is 0.321 e. The Morgan fingerprint density at radius 1 is 1.29 bits per heavy atom. The summed E-state index contributed by atoms with van der Waals surface area (Å²) in [4.78, 5) is 16.8. The first-order chi connectivity index (χ1) is 10.1. The Morgan fingerprint density at radius 2 is 2.00 bits per heavy atom. The molecule has 2 rings (SSSR count). The lowest BCUT2D eigenvalue weighted by Gasteiger charge is -2.36. The van der Waals surface area contributed by atoms with E-state index >= 15 is 0 Å². The molecule has 0 spiro atoms. The summed E-state index contributed by atoms with van der Waals surface area (Å²) >= 11 is 0. The maximum Gasteiger partial charge on any atom is 0.321 e. The Hall–Kier alpha value is -1.29. The number of allylic oxidation sites excluding steroid dienone is 3. The summed E-state index contributed by atoms with van der Waals surface area (Å²) in [5, 5.41) is 3.11. The second-order valence-electron chi connectivity index (χ2n) is 6.24. The van der Waals surface area contributed by atoms with Gasteiger partial charge in [0.1, 0.15) is 0 Å². The van der Waals surface area contributed by atoms with E-state index in [-0.39, 0.29) is 6.03 Å². The van der Waals surface area contributed by atoms with Gasteiger partial charge >= 0.3 is 6.03 Å². The summed E-state index contributed by atoms with van der Waals surface area (Å²) in [6.07, 6.45) is 9.60. The van der Waals surface area contributed by atoms with Gasteiger partial charge in [0.25, 0.3) is 0 Å². The van der Waals surface area contributed by atoms with Crippen LogP contribution in [0.4, 0.5) is 4.79 Å². The van der Waals surface area contributed by atoms with Gasteiger partial charge in [-0.25, -0.2) is 4.79 Å². The van der Waals surface area contributed by atoms with Gasteiger partial charge in [0.15, 0.2) is 0 Å². The van der Waals surface area contributed by atoms with Crippen LogP contribution in [0.15, 0.2) is 23.4 Å². The van der Waals surface area contributed by atoms with E-state index in [1.807, 2.05) is 6.92 Å². The van der Waals surface area contributed by atoms with E-state index in [0.717, 1.165) is 57.4 Å². The SMILES string of the molecule is C/C=C\CCC1=C(C)NC(=O)N(C2CCN(C)CC2)CC1. The molecule has 0 aromatic rings. The Kier molecular flexibility index (Phi) is 5.85. The first-order valence-electron chi connectivity index (χ1n) is 8.17. The highest BCUT2D eigenvalue weighted by molar-refractivity contribution is 5.77. The fourth-order valence-corrected chi connectivity index (χ4v) is 3.26. The lowest BCUT2D eigenvalue weighted by atomic mass is 10.0. The number of amides is 2. The van der Waals surface area contributed by atoms with E-state index in [2.05, 4.69) is 41.2 Å². The van der Waals surface area contributed by atoms with Crippen molar-refractivity contribution in [1.29, 1.82) is 0 Å². The van der Waals surface area contributed by atoms with Crippen LogP contribution in [0, 0.1) is 0 Å². The summed E-state index contributed by atoms with van der Waals surface area (Å²) in [6.45, 7) is 7.14. The summed E-state index contributed by atoms with van der Waals surface area (Å²) in [5.41, 5.74) is 2.47. The molecule has 21 heavy (non-hydrogen) atoms. The van der Waals surface area contributed by atoms with Gasteiger partial charge in [-0.15, -0.1) is 0 Å². The third kappa shape index (κ3) is 4.34. The van der Waals surface area contributed by atoms with Gasteiger partial charge in [0, 0.05) is 18.3 Å². The van der Waals surface area contributed by atoms with E-state index in [1.165, 1.54) is 5.57 Å². The average Bonchev–Trinajstić information content (AvgIpc) is 2.60. The van der Waals surface area contributed by atoms with Gasteiger partial charge in [-0.1, -0.05) is 12.2 Å². The number of hydrogen-bond donors (Lipinski definition) is 1. The van der Waals surface area contributed by atoms with Gasteiger partial charge in [0.2, 0.25) is 0 Å². The molecule has 0 aliphatic carbocycles. The second kappa shape index (κ2) is 7.64. The minimum absolute atomic E-state index is 0.100. The minimum atomic E-state index is 0.100. The van der Waals surface area contributed by atoms with Gasteiger partial charge in [-0.05, 0) is 71.7 Å². The molecule has 0 atom stereocenters. The molecule has 2 aliphatic rings. The van der Waals surface area contributed by atoms with Crippen LogP contribution in [-0.4, -0.2) is 48.6 Å². The Bertz CT molecular complexity index is 420. The number of rotatable bonds is 4. The molecule has 0 radical (unpaired) electrons. The molecule has 0 bridgehead atoms. The van der Waals surface area contributed by atoms with Crippen molar-refractivity contribution in [1.82, 2.24) is 15.1 Å². The number of likely N-dealkylation sites (tertiary alicyclic amines) is 1. The largest absolute Gasteiger partial charge is 0.321 e. The van der Waals surface area contributed by atoms with Crippen molar-refractivity contribution in [2.75, 3.05) is 26.7 Å². The molecule has 1 fully saturated rings. The summed E-state index contributed by atoms with van der Waals surface area (Å²) in [6, 6.07) is 0.506. The lowest BCUT2D eigenvalue weighted by Crippen LogP contribution is -2.49. The van der Waals surface area contributed by atoms with Crippen molar-refractivity contribution in [3.8, 4) is 0 Å². The second-order valence-corrected chi connectivity index (χ2v) is 6.24. The molecule has 118 valence electrons. The molecular formula is C17H29N3O. The highest BCUT2D eigenvalue weighted by atomic mass is 16.2. The average molecular weight is 291 g/mol. The summed E-state index contributed by atoms with van der Waals surface area (Å²) in [7, 11) is 2.16.